The molecule has 3 rings (SSSR count). The van der Waals surface area contributed by atoms with Gasteiger partial charge in [0, 0.05) is 23.7 Å². The second kappa shape index (κ2) is 5.79. The lowest BCUT2D eigenvalue weighted by Gasteiger charge is -2.29. The fourth-order valence-corrected chi connectivity index (χ4v) is 4.06. The Balaban J connectivity index is 1.90. The number of hydrogen-bond donors (Lipinski definition) is 1. The fraction of sp³-hybridized carbons (Fsp3) is 0.333. The van der Waals surface area contributed by atoms with Crippen molar-refractivity contribution in [2.24, 2.45) is 0 Å². The Morgan fingerprint density at radius 2 is 2.10 bits per heavy atom. The molecule has 0 spiro atoms. The Bertz CT molecular complexity index is 711. The quantitative estimate of drug-likeness (QED) is 0.919. The highest BCUT2D eigenvalue weighted by Crippen LogP contribution is 2.36. The number of para-hydroxylation sites is 1. The summed E-state index contributed by atoms with van der Waals surface area (Å²) in [6, 6.07) is 12.5. The smallest absolute Gasteiger partial charge is 0.208 e. The molecule has 1 aromatic carbocycles. The van der Waals surface area contributed by atoms with Crippen LogP contribution in [0.25, 0.3) is 0 Å². The van der Waals surface area contributed by atoms with Gasteiger partial charge in [0.1, 0.15) is 0 Å². The third-order valence-corrected chi connectivity index (χ3v) is 5.37. The van der Waals surface area contributed by atoms with E-state index in [-0.39, 0.29) is 6.04 Å². The van der Waals surface area contributed by atoms with Crippen molar-refractivity contribution in [1.82, 2.24) is 4.72 Å². The number of anilines is 1. The molecule has 0 saturated heterocycles. The summed E-state index contributed by atoms with van der Waals surface area (Å²) in [5.41, 5.74) is 2.55. The van der Waals surface area contributed by atoms with Crippen molar-refractivity contribution in [1.29, 1.82) is 0 Å². The molecule has 4 nitrogen and oxygen atoms in total. The van der Waals surface area contributed by atoms with Gasteiger partial charge in [-0.05, 0) is 29.5 Å². The highest BCUT2D eigenvalue weighted by atomic mass is 32.2. The highest BCUT2D eigenvalue weighted by Gasteiger charge is 2.28. The molecule has 0 bridgehead atoms. The molecule has 1 aromatic heterocycles. The van der Waals surface area contributed by atoms with Gasteiger partial charge in [-0.15, -0.1) is 11.3 Å². The van der Waals surface area contributed by atoms with E-state index >= 15 is 0 Å². The standard InChI is InChI=1S/C15H18N2O2S2/c1-21(18,19)16-11-14(15-7-4-10-20-15)17-9-8-12-5-2-3-6-13(12)17/h2-7,10,14,16H,8-9,11H2,1H3. The molecule has 2 aromatic rings. The maximum atomic E-state index is 11.4. The monoisotopic (exact) mass is 322 g/mol. The zero-order chi connectivity index (χ0) is 14.9. The molecule has 0 fully saturated rings. The number of thiophene rings is 1. The molecule has 0 aliphatic carbocycles. The molecule has 112 valence electrons. The third kappa shape index (κ3) is 3.28. The molecule has 21 heavy (non-hydrogen) atoms. The zero-order valence-corrected chi connectivity index (χ0v) is 13.5. The second-order valence-corrected chi connectivity index (χ2v) is 8.04. The molecule has 1 unspecified atom stereocenters. The van der Waals surface area contributed by atoms with E-state index in [2.05, 4.69) is 33.9 Å². The van der Waals surface area contributed by atoms with Crippen LogP contribution in [-0.2, 0) is 16.4 Å². The predicted molar refractivity (Wildman–Crippen MR) is 87.4 cm³/mol. The first-order valence-electron chi connectivity index (χ1n) is 6.87. The number of hydrogen-bond acceptors (Lipinski definition) is 4. The Kier molecular flexibility index (Phi) is 4.01. The van der Waals surface area contributed by atoms with E-state index in [1.165, 1.54) is 22.4 Å². The van der Waals surface area contributed by atoms with Gasteiger partial charge in [0.05, 0.1) is 12.3 Å². The maximum Gasteiger partial charge on any atom is 0.208 e. The third-order valence-electron chi connectivity index (χ3n) is 3.71. The predicted octanol–water partition coefficient (Wildman–Crippen LogP) is 2.40. The van der Waals surface area contributed by atoms with Gasteiger partial charge < -0.3 is 4.90 Å². The molecule has 0 radical (unpaired) electrons. The summed E-state index contributed by atoms with van der Waals surface area (Å²) in [5.74, 6) is 0. The van der Waals surface area contributed by atoms with Crippen LogP contribution in [0.4, 0.5) is 5.69 Å². The van der Waals surface area contributed by atoms with E-state index in [9.17, 15) is 8.42 Å². The Labute approximate surface area is 129 Å². The summed E-state index contributed by atoms with van der Waals surface area (Å²) in [7, 11) is -3.19. The van der Waals surface area contributed by atoms with E-state index < -0.39 is 10.0 Å². The lowest BCUT2D eigenvalue weighted by molar-refractivity contribution is 0.570. The summed E-state index contributed by atoms with van der Waals surface area (Å²) < 4.78 is 25.5. The van der Waals surface area contributed by atoms with Gasteiger partial charge in [-0.3, -0.25) is 0 Å². The maximum absolute atomic E-state index is 11.4. The molecule has 1 atom stereocenters. The highest BCUT2D eigenvalue weighted by molar-refractivity contribution is 7.88. The summed E-state index contributed by atoms with van der Waals surface area (Å²) in [6.07, 6.45) is 2.22. The minimum Gasteiger partial charge on any atom is -0.362 e. The molecule has 0 amide bonds. The first-order chi connectivity index (χ1) is 10.0. The normalized spacial score (nSPS) is 16.0. The van der Waals surface area contributed by atoms with E-state index in [0.717, 1.165) is 13.0 Å². The molecule has 1 aliphatic heterocycles. The molecule has 1 aliphatic rings. The van der Waals surface area contributed by atoms with Crippen molar-refractivity contribution in [2.45, 2.75) is 12.5 Å². The molecule has 1 N–H and O–H groups in total. The zero-order valence-electron chi connectivity index (χ0n) is 11.8. The van der Waals surface area contributed by atoms with Crippen LogP contribution in [0, 0.1) is 0 Å². The van der Waals surface area contributed by atoms with Gasteiger partial charge in [-0.25, -0.2) is 13.1 Å². The van der Waals surface area contributed by atoms with Crippen LogP contribution >= 0.6 is 11.3 Å². The average Bonchev–Trinajstić information content (AvgIpc) is 3.08. The Hall–Kier alpha value is -1.37. The van der Waals surface area contributed by atoms with Crippen molar-refractivity contribution in [3.63, 3.8) is 0 Å². The van der Waals surface area contributed by atoms with Gasteiger partial charge in [0.2, 0.25) is 10.0 Å². The number of rotatable bonds is 5. The first-order valence-corrected chi connectivity index (χ1v) is 9.64. The lowest BCUT2D eigenvalue weighted by atomic mass is 10.1. The number of sulfonamides is 1. The van der Waals surface area contributed by atoms with Crippen LogP contribution < -0.4 is 9.62 Å². The minimum atomic E-state index is -3.19. The van der Waals surface area contributed by atoms with E-state index in [1.54, 1.807) is 11.3 Å². The van der Waals surface area contributed by atoms with Gasteiger partial charge in [0.15, 0.2) is 0 Å². The Morgan fingerprint density at radius 1 is 1.29 bits per heavy atom. The second-order valence-electron chi connectivity index (χ2n) is 5.22. The van der Waals surface area contributed by atoms with Crippen molar-refractivity contribution in [2.75, 3.05) is 24.2 Å². The molecule has 6 heteroatoms. The van der Waals surface area contributed by atoms with Crippen LogP contribution in [0.15, 0.2) is 41.8 Å². The van der Waals surface area contributed by atoms with Crippen molar-refractivity contribution in [3.05, 3.63) is 52.2 Å². The van der Waals surface area contributed by atoms with Gasteiger partial charge in [0.25, 0.3) is 0 Å². The lowest BCUT2D eigenvalue weighted by Crippen LogP contribution is -2.36. The minimum absolute atomic E-state index is 0.0448. The van der Waals surface area contributed by atoms with Gasteiger partial charge in [-0.1, -0.05) is 24.3 Å². The van der Waals surface area contributed by atoms with Crippen LogP contribution in [0.1, 0.15) is 16.5 Å². The van der Waals surface area contributed by atoms with Crippen molar-refractivity contribution >= 4 is 27.0 Å². The van der Waals surface area contributed by atoms with Gasteiger partial charge in [-0.2, -0.15) is 0 Å². The van der Waals surface area contributed by atoms with E-state index in [1.807, 2.05) is 17.5 Å². The molecule has 0 saturated carbocycles. The van der Waals surface area contributed by atoms with E-state index in [4.69, 9.17) is 0 Å². The van der Waals surface area contributed by atoms with Gasteiger partial charge >= 0.3 is 0 Å². The summed E-state index contributed by atoms with van der Waals surface area (Å²) in [5, 5.41) is 2.03. The van der Waals surface area contributed by atoms with Crippen LogP contribution in [0.3, 0.4) is 0 Å². The number of nitrogens with zero attached hydrogens (tertiary/aromatic N) is 1. The Morgan fingerprint density at radius 3 is 2.81 bits per heavy atom. The fourth-order valence-electron chi connectivity index (χ4n) is 2.76. The number of benzene rings is 1. The first kappa shape index (κ1) is 14.6. The van der Waals surface area contributed by atoms with Crippen LogP contribution in [0.5, 0.6) is 0 Å². The SMILES string of the molecule is CS(=O)(=O)NCC(c1cccs1)N1CCc2ccccc21. The summed E-state index contributed by atoms with van der Waals surface area (Å²) >= 11 is 1.67. The number of fused-ring (bicyclic) bond motifs is 1. The average molecular weight is 322 g/mol. The molecular weight excluding hydrogens is 304 g/mol. The largest absolute Gasteiger partial charge is 0.362 e. The summed E-state index contributed by atoms with van der Waals surface area (Å²) in [6.45, 7) is 1.32. The molecule has 2 heterocycles. The van der Waals surface area contributed by atoms with Crippen molar-refractivity contribution in [3.8, 4) is 0 Å². The summed E-state index contributed by atoms with van der Waals surface area (Å²) in [4.78, 5) is 3.49. The van der Waals surface area contributed by atoms with Crippen LogP contribution in [-0.4, -0.2) is 27.8 Å². The topological polar surface area (TPSA) is 49.4 Å². The van der Waals surface area contributed by atoms with E-state index in [0.29, 0.717) is 6.54 Å². The number of nitrogens with one attached hydrogen (secondary N) is 1. The molecular formula is C15H18N2O2S2. The van der Waals surface area contributed by atoms with Crippen molar-refractivity contribution < 1.29 is 8.42 Å². The van der Waals surface area contributed by atoms with Crippen LogP contribution in [0.2, 0.25) is 0 Å².